The highest BCUT2D eigenvalue weighted by molar-refractivity contribution is 7.13. The van der Waals surface area contributed by atoms with Gasteiger partial charge in [-0.15, -0.1) is 11.3 Å². The Morgan fingerprint density at radius 1 is 1.36 bits per heavy atom. The summed E-state index contributed by atoms with van der Waals surface area (Å²) in [5.74, 6) is 0. The number of anilines is 1. The van der Waals surface area contributed by atoms with Crippen molar-refractivity contribution in [1.29, 1.82) is 0 Å². The minimum Gasteiger partial charge on any atom is -0.391 e. The van der Waals surface area contributed by atoms with Crippen molar-refractivity contribution in [3.8, 4) is 0 Å². The SMILES string of the molecule is CCCc1csc(NC(=O)NCC(O)Cc2ccccc2)n1. The quantitative estimate of drug-likeness (QED) is 0.734. The summed E-state index contributed by atoms with van der Waals surface area (Å²) in [6.07, 6.45) is 1.84. The van der Waals surface area contributed by atoms with Gasteiger partial charge in [0, 0.05) is 18.3 Å². The van der Waals surface area contributed by atoms with Gasteiger partial charge in [-0.25, -0.2) is 9.78 Å². The summed E-state index contributed by atoms with van der Waals surface area (Å²) >= 11 is 1.41. The topological polar surface area (TPSA) is 74.2 Å². The number of hydrogen-bond acceptors (Lipinski definition) is 4. The predicted molar refractivity (Wildman–Crippen MR) is 89.3 cm³/mol. The van der Waals surface area contributed by atoms with Crippen LogP contribution < -0.4 is 10.6 Å². The molecule has 3 N–H and O–H groups in total. The number of nitrogens with one attached hydrogen (secondary N) is 2. The normalized spacial score (nSPS) is 11.9. The van der Waals surface area contributed by atoms with Crippen LogP contribution in [0.4, 0.5) is 9.93 Å². The molecule has 0 saturated heterocycles. The number of aliphatic hydroxyl groups excluding tert-OH is 1. The van der Waals surface area contributed by atoms with E-state index in [2.05, 4.69) is 22.5 Å². The highest BCUT2D eigenvalue weighted by atomic mass is 32.1. The second-order valence-corrected chi connectivity index (χ2v) is 5.93. The van der Waals surface area contributed by atoms with Crippen LogP contribution in [0, 0.1) is 0 Å². The Hall–Kier alpha value is -1.92. The lowest BCUT2D eigenvalue weighted by Crippen LogP contribution is -2.36. The molecule has 2 aromatic rings. The number of amides is 2. The third-order valence-electron chi connectivity index (χ3n) is 3.09. The van der Waals surface area contributed by atoms with Crippen molar-refractivity contribution in [1.82, 2.24) is 10.3 Å². The fraction of sp³-hybridized carbons (Fsp3) is 0.375. The maximum Gasteiger partial charge on any atom is 0.321 e. The van der Waals surface area contributed by atoms with E-state index in [0.717, 1.165) is 24.1 Å². The third-order valence-corrected chi connectivity index (χ3v) is 3.90. The molecule has 1 unspecified atom stereocenters. The highest BCUT2D eigenvalue weighted by Gasteiger charge is 2.09. The van der Waals surface area contributed by atoms with Gasteiger partial charge in [0.05, 0.1) is 11.8 Å². The van der Waals surface area contributed by atoms with Gasteiger partial charge in [-0.05, 0) is 12.0 Å². The van der Waals surface area contributed by atoms with Crippen LogP contribution in [0.5, 0.6) is 0 Å². The van der Waals surface area contributed by atoms with Crippen molar-refractivity contribution in [2.24, 2.45) is 0 Å². The van der Waals surface area contributed by atoms with E-state index in [1.807, 2.05) is 35.7 Å². The van der Waals surface area contributed by atoms with Gasteiger partial charge in [0.1, 0.15) is 0 Å². The Morgan fingerprint density at radius 3 is 2.86 bits per heavy atom. The van der Waals surface area contributed by atoms with E-state index in [-0.39, 0.29) is 12.6 Å². The summed E-state index contributed by atoms with van der Waals surface area (Å²) in [7, 11) is 0. The molecule has 0 saturated carbocycles. The van der Waals surface area contributed by atoms with Gasteiger partial charge in [-0.3, -0.25) is 5.32 Å². The van der Waals surface area contributed by atoms with E-state index < -0.39 is 6.10 Å². The number of aromatic nitrogens is 1. The maximum absolute atomic E-state index is 11.8. The predicted octanol–water partition coefficient (Wildman–Crippen LogP) is 2.82. The van der Waals surface area contributed by atoms with Gasteiger partial charge in [0.2, 0.25) is 0 Å². The Balaban J connectivity index is 1.72. The van der Waals surface area contributed by atoms with Crippen LogP contribution in [0.3, 0.4) is 0 Å². The number of aryl methyl sites for hydroxylation is 1. The number of thiazole rings is 1. The summed E-state index contributed by atoms with van der Waals surface area (Å²) in [6.45, 7) is 2.29. The van der Waals surface area contributed by atoms with Crippen molar-refractivity contribution >= 4 is 22.5 Å². The first kappa shape index (κ1) is 16.5. The summed E-state index contributed by atoms with van der Waals surface area (Å²) in [5.41, 5.74) is 2.04. The van der Waals surface area contributed by atoms with Gasteiger partial charge in [-0.1, -0.05) is 43.7 Å². The van der Waals surface area contributed by atoms with Crippen molar-refractivity contribution in [3.05, 3.63) is 47.0 Å². The second kappa shape index (κ2) is 8.51. The third kappa shape index (κ3) is 5.46. The molecule has 118 valence electrons. The number of carbonyl (C=O) groups is 1. The van der Waals surface area contributed by atoms with E-state index >= 15 is 0 Å². The monoisotopic (exact) mass is 319 g/mol. The van der Waals surface area contributed by atoms with Crippen LogP contribution in [0.25, 0.3) is 0 Å². The summed E-state index contributed by atoms with van der Waals surface area (Å²) in [5, 5.41) is 17.8. The van der Waals surface area contributed by atoms with Gasteiger partial charge < -0.3 is 10.4 Å². The standard InChI is InChI=1S/C16H21N3O2S/c1-2-6-13-11-22-16(18-13)19-15(21)17-10-14(20)9-12-7-4-3-5-8-12/h3-5,7-8,11,14,20H,2,6,9-10H2,1H3,(H2,17,18,19,21). The lowest BCUT2D eigenvalue weighted by atomic mass is 10.1. The number of aliphatic hydroxyl groups is 1. The van der Waals surface area contributed by atoms with E-state index in [9.17, 15) is 9.90 Å². The van der Waals surface area contributed by atoms with Crippen LogP contribution >= 0.6 is 11.3 Å². The Kier molecular flexibility index (Phi) is 6.36. The van der Waals surface area contributed by atoms with Crippen LogP contribution in [0.15, 0.2) is 35.7 Å². The molecule has 2 rings (SSSR count). The molecular formula is C16H21N3O2S. The molecule has 2 amide bonds. The number of hydrogen-bond donors (Lipinski definition) is 3. The molecule has 1 heterocycles. The summed E-state index contributed by atoms with van der Waals surface area (Å²) in [6, 6.07) is 9.35. The molecule has 0 fully saturated rings. The minimum absolute atomic E-state index is 0.202. The Labute approximate surface area is 134 Å². The number of benzene rings is 1. The van der Waals surface area contributed by atoms with Gasteiger partial charge >= 0.3 is 6.03 Å². The Morgan fingerprint density at radius 2 is 2.14 bits per heavy atom. The van der Waals surface area contributed by atoms with Gasteiger partial charge in [0.25, 0.3) is 0 Å². The molecule has 1 aromatic heterocycles. The second-order valence-electron chi connectivity index (χ2n) is 5.07. The molecule has 0 aliphatic rings. The molecule has 6 heteroatoms. The number of carbonyl (C=O) groups excluding carboxylic acids is 1. The number of nitrogens with zero attached hydrogens (tertiary/aromatic N) is 1. The molecule has 0 radical (unpaired) electrons. The minimum atomic E-state index is -0.611. The van der Waals surface area contributed by atoms with Crippen LogP contribution in [0.1, 0.15) is 24.6 Å². The number of rotatable bonds is 7. The molecule has 0 aliphatic heterocycles. The van der Waals surface area contributed by atoms with Crippen LogP contribution in [0.2, 0.25) is 0 Å². The molecule has 1 aromatic carbocycles. The molecule has 1 atom stereocenters. The molecule has 0 aliphatic carbocycles. The fourth-order valence-electron chi connectivity index (χ4n) is 2.05. The lowest BCUT2D eigenvalue weighted by Gasteiger charge is -2.12. The first-order valence-electron chi connectivity index (χ1n) is 7.38. The largest absolute Gasteiger partial charge is 0.391 e. The van der Waals surface area contributed by atoms with Gasteiger partial charge in [-0.2, -0.15) is 0 Å². The zero-order valence-corrected chi connectivity index (χ0v) is 13.4. The van der Waals surface area contributed by atoms with Gasteiger partial charge in [0.15, 0.2) is 5.13 Å². The van der Waals surface area contributed by atoms with Crippen molar-refractivity contribution in [2.45, 2.75) is 32.3 Å². The van der Waals surface area contributed by atoms with E-state index in [1.165, 1.54) is 11.3 Å². The summed E-state index contributed by atoms with van der Waals surface area (Å²) < 4.78 is 0. The van der Waals surface area contributed by atoms with Crippen molar-refractivity contribution in [2.75, 3.05) is 11.9 Å². The first-order valence-corrected chi connectivity index (χ1v) is 8.26. The molecular weight excluding hydrogens is 298 g/mol. The highest BCUT2D eigenvalue weighted by Crippen LogP contribution is 2.16. The zero-order valence-electron chi connectivity index (χ0n) is 12.6. The average molecular weight is 319 g/mol. The zero-order chi connectivity index (χ0) is 15.8. The fourth-order valence-corrected chi connectivity index (χ4v) is 2.79. The Bertz CT molecular complexity index is 586. The lowest BCUT2D eigenvalue weighted by molar-refractivity contribution is 0.172. The summed E-state index contributed by atoms with van der Waals surface area (Å²) in [4.78, 5) is 16.1. The van der Waals surface area contributed by atoms with E-state index in [0.29, 0.717) is 11.6 Å². The van der Waals surface area contributed by atoms with E-state index in [4.69, 9.17) is 0 Å². The van der Waals surface area contributed by atoms with Crippen molar-refractivity contribution in [3.63, 3.8) is 0 Å². The molecule has 22 heavy (non-hydrogen) atoms. The van der Waals surface area contributed by atoms with Crippen LogP contribution in [-0.4, -0.2) is 28.8 Å². The van der Waals surface area contributed by atoms with E-state index in [1.54, 1.807) is 0 Å². The molecule has 0 bridgehead atoms. The van der Waals surface area contributed by atoms with Crippen LogP contribution in [-0.2, 0) is 12.8 Å². The molecule has 0 spiro atoms. The smallest absolute Gasteiger partial charge is 0.321 e. The average Bonchev–Trinajstić information content (AvgIpc) is 2.94. The maximum atomic E-state index is 11.8. The first-order chi connectivity index (χ1) is 10.7. The number of urea groups is 1. The molecule has 5 nitrogen and oxygen atoms in total. The van der Waals surface area contributed by atoms with Crippen molar-refractivity contribution < 1.29 is 9.90 Å².